The number of aliphatic hydroxyl groups is 1. The van der Waals surface area contributed by atoms with Crippen LogP contribution in [0.2, 0.25) is 0 Å². The van der Waals surface area contributed by atoms with Gasteiger partial charge in [0.05, 0.1) is 0 Å². The molecule has 0 aliphatic carbocycles. The maximum Gasteiger partial charge on any atom is 0.245 e. The molecule has 0 aromatic heterocycles. The molecule has 0 rings (SSSR count). The first-order valence-electron chi connectivity index (χ1n) is 3.44. The fourth-order valence-electron chi connectivity index (χ4n) is 0.508. The van der Waals surface area contributed by atoms with Crippen molar-refractivity contribution in [3.63, 3.8) is 0 Å². The van der Waals surface area contributed by atoms with Gasteiger partial charge in [0.1, 0.15) is 6.23 Å². The normalized spacial score (nSPS) is 14.1. The minimum atomic E-state index is -0.794. The Morgan fingerprint density at radius 2 is 2.18 bits per heavy atom. The maximum absolute atomic E-state index is 10.7. The van der Waals surface area contributed by atoms with Crippen LogP contribution in [0, 0.1) is 0 Å². The van der Waals surface area contributed by atoms with E-state index < -0.39 is 6.23 Å². The smallest absolute Gasteiger partial charge is 0.245 e. The predicted molar refractivity (Wildman–Crippen MR) is 43.8 cm³/mol. The third-order valence-corrected chi connectivity index (χ3v) is 0.902. The summed E-state index contributed by atoms with van der Waals surface area (Å²) in [7, 11) is 0. The standard InChI is InChI=1S/C8H13NO2/c1-3-4-5-6-8(11)9-7(2)10/h3-7,10H,1-2H3,(H,9,11)/b4-3+,6-5-/t7-/m0/s1. The molecule has 0 fully saturated rings. The number of rotatable bonds is 3. The maximum atomic E-state index is 10.7. The summed E-state index contributed by atoms with van der Waals surface area (Å²) in [5, 5.41) is 11.0. The van der Waals surface area contributed by atoms with Crippen LogP contribution in [0.1, 0.15) is 13.8 Å². The molecule has 0 unspecified atom stereocenters. The van der Waals surface area contributed by atoms with Crippen LogP contribution in [0.15, 0.2) is 24.3 Å². The first kappa shape index (κ1) is 9.91. The van der Waals surface area contributed by atoms with Gasteiger partial charge in [-0.15, -0.1) is 0 Å². The Hall–Kier alpha value is -1.09. The molecule has 0 heterocycles. The Bertz CT molecular complexity index is 171. The summed E-state index contributed by atoms with van der Waals surface area (Å²) in [6.07, 6.45) is 5.72. The molecule has 0 saturated heterocycles. The van der Waals surface area contributed by atoms with E-state index in [4.69, 9.17) is 5.11 Å². The van der Waals surface area contributed by atoms with E-state index >= 15 is 0 Å². The van der Waals surface area contributed by atoms with Crippen molar-refractivity contribution in [2.45, 2.75) is 20.1 Å². The molecule has 1 atom stereocenters. The highest BCUT2D eigenvalue weighted by atomic mass is 16.3. The van der Waals surface area contributed by atoms with E-state index in [1.807, 2.05) is 13.0 Å². The second kappa shape index (κ2) is 5.68. The molecule has 3 heteroatoms. The van der Waals surface area contributed by atoms with Gasteiger partial charge in [0.25, 0.3) is 0 Å². The highest BCUT2D eigenvalue weighted by Crippen LogP contribution is 1.78. The highest BCUT2D eigenvalue weighted by molar-refractivity contribution is 5.87. The van der Waals surface area contributed by atoms with E-state index in [-0.39, 0.29) is 5.91 Å². The first-order chi connectivity index (χ1) is 5.16. The molecular formula is C8H13NO2. The van der Waals surface area contributed by atoms with E-state index in [1.54, 1.807) is 12.2 Å². The topological polar surface area (TPSA) is 49.3 Å². The quantitative estimate of drug-likeness (QED) is 0.355. The first-order valence-corrected chi connectivity index (χ1v) is 3.44. The van der Waals surface area contributed by atoms with Gasteiger partial charge in [-0.3, -0.25) is 4.79 Å². The van der Waals surface area contributed by atoms with Crippen molar-refractivity contribution in [1.29, 1.82) is 0 Å². The second-order valence-corrected chi connectivity index (χ2v) is 2.07. The molecule has 0 aromatic carbocycles. The van der Waals surface area contributed by atoms with Gasteiger partial charge < -0.3 is 10.4 Å². The third-order valence-electron chi connectivity index (χ3n) is 0.902. The van der Waals surface area contributed by atoms with E-state index in [0.29, 0.717) is 0 Å². The second-order valence-electron chi connectivity index (χ2n) is 2.07. The number of carbonyl (C=O) groups is 1. The van der Waals surface area contributed by atoms with Crippen LogP contribution in [-0.4, -0.2) is 17.2 Å². The Morgan fingerprint density at radius 1 is 1.55 bits per heavy atom. The lowest BCUT2D eigenvalue weighted by Crippen LogP contribution is -2.30. The van der Waals surface area contributed by atoms with Gasteiger partial charge in [-0.1, -0.05) is 18.2 Å². The van der Waals surface area contributed by atoms with Gasteiger partial charge in [-0.25, -0.2) is 0 Å². The average Bonchev–Trinajstić information content (AvgIpc) is 1.86. The van der Waals surface area contributed by atoms with Crippen LogP contribution >= 0.6 is 0 Å². The Labute approximate surface area is 66.4 Å². The van der Waals surface area contributed by atoms with Crippen LogP contribution in [-0.2, 0) is 4.79 Å². The number of aliphatic hydroxyl groups excluding tert-OH is 1. The monoisotopic (exact) mass is 155 g/mol. The molecule has 0 aromatic rings. The largest absolute Gasteiger partial charge is 0.374 e. The molecule has 0 aliphatic rings. The molecule has 1 amide bonds. The lowest BCUT2D eigenvalue weighted by atomic mass is 10.4. The number of nitrogens with one attached hydrogen (secondary N) is 1. The molecule has 0 aliphatic heterocycles. The van der Waals surface area contributed by atoms with E-state index in [2.05, 4.69) is 5.32 Å². The van der Waals surface area contributed by atoms with Crippen LogP contribution in [0.5, 0.6) is 0 Å². The average molecular weight is 155 g/mol. The molecular weight excluding hydrogens is 142 g/mol. The summed E-state index contributed by atoms with van der Waals surface area (Å²) < 4.78 is 0. The summed E-state index contributed by atoms with van der Waals surface area (Å²) in [6.45, 7) is 3.35. The summed E-state index contributed by atoms with van der Waals surface area (Å²) in [5.41, 5.74) is 0. The fraction of sp³-hybridized carbons (Fsp3) is 0.375. The molecule has 62 valence electrons. The molecule has 2 N–H and O–H groups in total. The molecule has 3 nitrogen and oxygen atoms in total. The number of amides is 1. The number of hydrogen-bond donors (Lipinski definition) is 2. The highest BCUT2D eigenvalue weighted by Gasteiger charge is 1.96. The zero-order chi connectivity index (χ0) is 8.69. The van der Waals surface area contributed by atoms with Gasteiger partial charge in [0.2, 0.25) is 5.91 Å². The molecule has 0 radical (unpaired) electrons. The van der Waals surface area contributed by atoms with E-state index in [9.17, 15) is 4.79 Å². The molecule has 11 heavy (non-hydrogen) atoms. The van der Waals surface area contributed by atoms with Gasteiger partial charge in [-0.2, -0.15) is 0 Å². The Morgan fingerprint density at radius 3 is 2.64 bits per heavy atom. The van der Waals surface area contributed by atoms with Crippen molar-refractivity contribution in [1.82, 2.24) is 5.32 Å². The fourth-order valence-corrected chi connectivity index (χ4v) is 0.508. The minimum Gasteiger partial charge on any atom is -0.374 e. The Balaban J connectivity index is 3.69. The molecule has 0 bridgehead atoms. The zero-order valence-corrected chi connectivity index (χ0v) is 6.74. The Kier molecular flexibility index (Phi) is 5.11. The minimum absolute atomic E-state index is 0.293. The van der Waals surface area contributed by atoms with Crippen LogP contribution in [0.3, 0.4) is 0 Å². The summed E-state index contributed by atoms with van der Waals surface area (Å²) in [4.78, 5) is 10.7. The van der Waals surface area contributed by atoms with Crippen molar-refractivity contribution in [3.05, 3.63) is 24.3 Å². The SMILES string of the molecule is C/C=C/C=C\C(=O)N[C@H](C)O. The van der Waals surface area contributed by atoms with Crippen molar-refractivity contribution in [3.8, 4) is 0 Å². The number of carbonyl (C=O) groups excluding carboxylic acids is 1. The lowest BCUT2D eigenvalue weighted by Gasteiger charge is -2.02. The van der Waals surface area contributed by atoms with Crippen molar-refractivity contribution in [2.24, 2.45) is 0 Å². The van der Waals surface area contributed by atoms with E-state index in [0.717, 1.165) is 0 Å². The van der Waals surface area contributed by atoms with Gasteiger partial charge >= 0.3 is 0 Å². The molecule has 0 saturated carbocycles. The zero-order valence-electron chi connectivity index (χ0n) is 6.74. The van der Waals surface area contributed by atoms with E-state index in [1.165, 1.54) is 13.0 Å². The number of allylic oxidation sites excluding steroid dienone is 3. The van der Waals surface area contributed by atoms with Crippen LogP contribution < -0.4 is 5.32 Å². The van der Waals surface area contributed by atoms with Gasteiger partial charge in [0, 0.05) is 6.08 Å². The van der Waals surface area contributed by atoms with Crippen LogP contribution in [0.25, 0.3) is 0 Å². The summed E-state index contributed by atoms with van der Waals surface area (Å²) in [6, 6.07) is 0. The van der Waals surface area contributed by atoms with Crippen molar-refractivity contribution in [2.75, 3.05) is 0 Å². The lowest BCUT2D eigenvalue weighted by molar-refractivity contribution is -0.119. The predicted octanol–water partition coefficient (Wildman–Crippen LogP) is 0.573. The molecule has 0 spiro atoms. The van der Waals surface area contributed by atoms with Crippen molar-refractivity contribution >= 4 is 5.91 Å². The summed E-state index contributed by atoms with van der Waals surface area (Å²) >= 11 is 0. The number of hydrogen-bond acceptors (Lipinski definition) is 2. The van der Waals surface area contributed by atoms with Crippen molar-refractivity contribution < 1.29 is 9.90 Å². The third kappa shape index (κ3) is 6.80. The van der Waals surface area contributed by atoms with Gasteiger partial charge in [-0.05, 0) is 13.8 Å². The summed E-state index contributed by atoms with van der Waals surface area (Å²) in [5.74, 6) is -0.293. The van der Waals surface area contributed by atoms with Gasteiger partial charge in [0.15, 0.2) is 0 Å². The van der Waals surface area contributed by atoms with Crippen LogP contribution in [0.4, 0.5) is 0 Å².